The highest BCUT2D eigenvalue weighted by Crippen LogP contribution is 2.35. The normalized spacial score (nSPS) is 16.1. The lowest BCUT2D eigenvalue weighted by Crippen LogP contribution is -2.57. The van der Waals surface area contributed by atoms with Crippen molar-refractivity contribution in [3.63, 3.8) is 0 Å². The molecule has 9 heteroatoms. The number of halogens is 2. The quantitative estimate of drug-likeness (QED) is 0.454. The summed E-state index contributed by atoms with van der Waals surface area (Å²) in [5, 5.41) is 12.1. The van der Waals surface area contributed by atoms with E-state index in [2.05, 4.69) is 14.9 Å². The van der Waals surface area contributed by atoms with Gasteiger partial charge in [-0.1, -0.05) is 49.2 Å². The van der Waals surface area contributed by atoms with Crippen LogP contribution in [0.4, 0.5) is 10.6 Å². The number of hydrogen-bond acceptors (Lipinski definition) is 6. The maximum atomic E-state index is 12.6. The zero-order valence-corrected chi connectivity index (χ0v) is 22.3. The number of rotatable bonds is 3. The van der Waals surface area contributed by atoms with E-state index in [-0.39, 0.29) is 6.61 Å². The molecule has 0 saturated carbocycles. The average Bonchev–Trinajstić information content (AvgIpc) is 2.83. The van der Waals surface area contributed by atoms with E-state index in [0.29, 0.717) is 29.7 Å². The third-order valence-electron chi connectivity index (χ3n) is 5.48. The van der Waals surface area contributed by atoms with Gasteiger partial charge in [0.2, 0.25) is 0 Å². The zero-order valence-electron chi connectivity index (χ0n) is 20.8. The number of piperazine rings is 1. The lowest BCUT2D eigenvalue weighted by Gasteiger charge is -2.41. The molecule has 1 fully saturated rings. The summed E-state index contributed by atoms with van der Waals surface area (Å²) in [6.07, 6.45) is 1.08. The maximum Gasteiger partial charge on any atom is 0.410 e. The number of amides is 1. The molecule has 35 heavy (non-hydrogen) atoms. The molecule has 1 N–H and O–H groups in total. The van der Waals surface area contributed by atoms with E-state index >= 15 is 0 Å². The smallest absolute Gasteiger partial charge is 0.410 e. The molecular weight excluding hydrogens is 487 g/mol. The third kappa shape index (κ3) is 6.34. The Morgan fingerprint density at radius 1 is 1.11 bits per heavy atom. The topological polar surface area (TPSA) is 78.8 Å². The Labute approximate surface area is 216 Å². The summed E-state index contributed by atoms with van der Waals surface area (Å²) in [4.78, 5) is 25.2. The predicted molar refractivity (Wildman–Crippen MR) is 142 cm³/mol. The van der Waals surface area contributed by atoms with Crippen LogP contribution >= 0.6 is 23.2 Å². The molecule has 1 aliphatic rings. The SMILES string of the molecule is CC.CC(C)(C)OC(=O)N1CCN(c2ncnc3cc(Cl)c(-c4ccc(Cl)cc4)cc23)CC1CO. The first-order valence-corrected chi connectivity index (χ1v) is 12.5. The molecule has 1 aliphatic heterocycles. The predicted octanol–water partition coefficient (Wildman–Crippen LogP) is 6.05. The van der Waals surface area contributed by atoms with Gasteiger partial charge < -0.3 is 14.7 Å². The molecule has 1 atom stereocenters. The summed E-state index contributed by atoms with van der Waals surface area (Å²) in [5.41, 5.74) is 1.90. The third-order valence-corrected chi connectivity index (χ3v) is 6.04. The van der Waals surface area contributed by atoms with Crippen molar-refractivity contribution in [3.8, 4) is 11.1 Å². The standard InChI is InChI=1S/C24H26Cl2N4O3.C2H6/c1-24(2,3)33-23(32)30-9-8-29(12-17(30)13-31)22-19-10-18(15-4-6-16(25)7-5-15)20(26)11-21(19)27-14-28-22;1-2/h4-7,10-11,14,17,31H,8-9,12-13H2,1-3H3;1-2H3. The summed E-state index contributed by atoms with van der Waals surface area (Å²) in [7, 11) is 0. The zero-order chi connectivity index (χ0) is 25.8. The molecule has 0 radical (unpaired) electrons. The van der Waals surface area contributed by atoms with Crippen molar-refractivity contribution in [3.05, 3.63) is 52.8 Å². The fraction of sp³-hybridized carbons (Fsp3) is 0.423. The van der Waals surface area contributed by atoms with Gasteiger partial charge in [0.1, 0.15) is 17.7 Å². The molecule has 3 aromatic rings. The summed E-state index contributed by atoms with van der Waals surface area (Å²) in [6.45, 7) is 10.7. The number of carbonyl (C=O) groups excluding carboxylic acids is 1. The van der Waals surface area contributed by atoms with Crippen LogP contribution in [-0.4, -0.2) is 64.0 Å². The van der Waals surface area contributed by atoms with E-state index in [1.54, 1.807) is 4.90 Å². The molecule has 2 heterocycles. The van der Waals surface area contributed by atoms with Gasteiger partial charge >= 0.3 is 6.09 Å². The summed E-state index contributed by atoms with van der Waals surface area (Å²) in [6, 6.07) is 10.9. The van der Waals surface area contributed by atoms with E-state index in [1.165, 1.54) is 6.33 Å². The maximum absolute atomic E-state index is 12.6. The van der Waals surface area contributed by atoms with Crippen molar-refractivity contribution in [2.75, 3.05) is 31.1 Å². The lowest BCUT2D eigenvalue weighted by molar-refractivity contribution is 0.00701. The second kappa shape index (κ2) is 11.4. The van der Waals surface area contributed by atoms with Crippen molar-refractivity contribution < 1.29 is 14.6 Å². The first-order chi connectivity index (χ1) is 16.7. The van der Waals surface area contributed by atoms with Crippen molar-refractivity contribution in [2.45, 2.75) is 46.3 Å². The van der Waals surface area contributed by atoms with Gasteiger partial charge in [0.15, 0.2) is 0 Å². The number of aliphatic hydroxyl groups is 1. The molecule has 1 aromatic heterocycles. The van der Waals surface area contributed by atoms with E-state index in [9.17, 15) is 9.90 Å². The summed E-state index contributed by atoms with van der Waals surface area (Å²) < 4.78 is 5.51. The average molecular weight is 519 g/mol. The monoisotopic (exact) mass is 518 g/mol. The van der Waals surface area contributed by atoms with Gasteiger partial charge in [0.05, 0.1) is 23.2 Å². The molecule has 188 valence electrons. The summed E-state index contributed by atoms with van der Waals surface area (Å²) >= 11 is 12.6. The lowest BCUT2D eigenvalue weighted by atomic mass is 10.0. The number of aliphatic hydroxyl groups excluding tert-OH is 1. The Morgan fingerprint density at radius 3 is 2.43 bits per heavy atom. The Balaban J connectivity index is 0.00000167. The Morgan fingerprint density at radius 2 is 1.80 bits per heavy atom. The first kappa shape index (κ1) is 27.0. The van der Waals surface area contributed by atoms with Crippen LogP contribution in [0, 0.1) is 0 Å². The highest BCUT2D eigenvalue weighted by atomic mass is 35.5. The van der Waals surface area contributed by atoms with Gasteiger partial charge in [0.25, 0.3) is 0 Å². The summed E-state index contributed by atoms with van der Waals surface area (Å²) in [5.74, 6) is 0.731. The van der Waals surface area contributed by atoms with Crippen molar-refractivity contribution >= 4 is 46.0 Å². The molecule has 0 spiro atoms. The van der Waals surface area contributed by atoms with Gasteiger partial charge in [-0.15, -0.1) is 0 Å². The Hall–Kier alpha value is -2.61. The second-order valence-corrected chi connectivity index (χ2v) is 9.85. The number of anilines is 1. The molecule has 7 nitrogen and oxygen atoms in total. The number of nitrogens with zero attached hydrogens (tertiary/aromatic N) is 4. The number of aromatic nitrogens is 2. The van der Waals surface area contributed by atoms with Crippen molar-refractivity contribution in [1.82, 2.24) is 14.9 Å². The highest BCUT2D eigenvalue weighted by molar-refractivity contribution is 6.34. The first-order valence-electron chi connectivity index (χ1n) is 11.7. The number of benzene rings is 2. The number of hydrogen-bond donors (Lipinski definition) is 1. The minimum Gasteiger partial charge on any atom is -0.444 e. The minimum atomic E-state index is -0.603. The minimum absolute atomic E-state index is 0.180. The molecule has 1 saturated heterocycles. The fourth-order valence-electron chi connectivity index (χ4n) is 3.93. The largest absolute Gasteiger partial charge is 0.444 e. The van der Waals surface area contributed by atoms with Gasteiger partial charge in [-0.25, -0.2) is 14.8 Å². The van der Waals surface area contributed by atoms with E-state index < -0.39 is 17.7 Å². The van der Waals surface area contributed by atoms with Gasteiger partial charge in [-0.3, -0.25) is 4.90 Å². The van der Waals surface area contributed by atoms with Crippen LogP contribution in [0.1, 0.15) is 34.6 Å². The number of carbonyl (C=O) groups is 1. The van der Waals surface area contributed by atoms with Crippen molar-refractivity contribution in [2.24, 2.45) is 0 Å². The van der Waals surface area contributed by atoms with E-state index in [0.717, 1.165) is 27.8 Å². The molecule has 0 bridgehead atoms. The number of fused-ring (bicyclic) bond motifs is 1. The van der Waals surface area contributed by atoms with Crippen LogP contribution in [0.3, 0.4) is 0 Å². The molecular formula is C26H32Cl2N4O3. The second-order valence-electron chi connectivity index (χ2n) is 9.01. The van der Waals surface area contributed by atoms with E-state index in [4.69, 9.17) is 27.9 Å². The Bertz CT molecular complexity index is 1170. The Kier molecular flexibility index (Phi) is 8.80. The van der Waals surface area contributed by atoms with Crippen LogP contribution in [0.2, 0.25) is 10.0 Å². The van der Waals surface area contributed by atoms with Crippen LogP contribution in [0.5, 0.6) is 0 Å². The molecule has 1 amide bonds. The van der Waals surface area contributed by atoms with Gasteiger partial charge in [-0.05, 0) is 50.6 Å². The molecule has 1 unspecified atom stereocenters. The molecule has 0 aliphatic carbocycles. The molecule has 2 aromatic carbocycles. The van der Waals surface area contributed by atoms with Crippen molar-refractivity contribution in [1.29, 1.82) is 0 Å². The van der Waals surface area contributed by atoms with Crippen LogP contribution in [-0.2, 0) is 4.74 Å². The van der Waals surface area contributed by atoms with Crippen LogP contribution < -0.4 is 4.90 Å². The van der Waals surface area contributed by atoms with Gasteiger partial charge in [-0.2, -0.15) is 0 Å². The number of ether oxygens (including phenoxy) is 1. The van der Waals surface area contributed by atoms with Crippen LogP contribution in [0.15, 0.2) is 42.7 Å². The highest BCUT2D eigenvalue weighted by Gasteiger charge is 2.34. The fourth-order valence-corrected chi connectivity index (χ4v) is 4.32. The van der Waals surface area contributed by atoms with Gasteiger partial charge in [0, 0.05) is 35.6 Å². The van der Waals surface area contributed by atoms with Crippen LogP contribution in [0.25, 0.3) is 22.0 Å². The van der Waals surface area contributed by atoms with E-state index in [1.807, 2.05) is 71.0 Å². The molecule has 4 rings (SSSR count).